The smallest absolute Gasteiger partial charge is 0.433 e. The second kappa shape index (κ2) is 8.76. The van der Waals surface area contributed by atoms with Crippen molar-refractivity contribution in [3.63, 3.8) is 0 Å². The number of carbonyl (C=O) groups is 1. The van der Waals surface area contributed by atoms with Gasteiger partial charge in [0.2, 0.25) is 0 Å². The summed E-state index contributed by atoms with van der Waals surface area (Å²) in [5, 5.41) is 11.5. The highest BCUT2D eigenvalue weighted by Crippen LogP contribution is 2.61. The van der Waals surface area contributed by atoms with Crippen LogP contribution < -0.4 is 0 Å². The molecule has 3 heterocycles. The zero-order valence-corrected chi connectivity index (χ0v) is 21.8. The molecule has 2 aromatic rings. The molecular formula is C28H33F3N2O4. The van der Waals surface area contributed by atoms with Crippen LogP contribution in [0.25, 0.3) is 0 Å². The van der Waals surface area contributed by atoms with E-state index in [9.17, 15) is 23.1 Å². The molecule has 37 heavy (non-hydrogen) atoms. The average Bonchev–Trinajstić information content (AvgIpc) is 3.40. The predicted molar refractivity (Wildman–Crippen MR) is 129 cm³/mol. The van der Waals surface area contributed by atoms with E-state index in [1.54, 1.807) is 0 Å². The summed E-state index contributed by atoms with van der Waals surface area (Å²) in [6.45, 7) is 9.28. The van der Waals surface area contributed by atoms with E-state index in [4.69, 9.17) is 14.5 Å². The monoisotopic (exact) mass is 518 g/mol. The van der Waals surface area contributed by atoms with Gasteiger partial charge in [0.1, 0.15) is 17.9 Å². The summed E-state index contributed by atoms with van der Waals surface area (Å²) in [7, 11) is 0. The predicted octanol–water partition coefficient (Wildman–Crippen LogP) is 6.58. The fourth-order valence-electron chi connectivity index (χ4n) is 6.46. The van der Waals surface area contributed by atoms with Crippen LogP contribution in [0.1, 0.15) is 130 Å². The Morgan fingerprint density at radius 2 is 1.86 bits per heavy atom. The molecule has 1 spiro atoms. The summed E-state index contributed by atoms with van der Waals surface area (Å²) in [6.07, 6.45) is -1.76. The van der Waals surface area contributed by atoms with Gasteiger partial charge in [0.15, 0.2) is 0 Å². The van der Waals surface area contributed by atoms with Gasteiger partial charge in [-0.05, 0) is 36.8 Å². The van der Waals surface area contributed by atoms with Crippen molar-refractivity contribution < 1.29 is 32.5 Å². The number of halogens is 3. The van der Waals surface area contributed by atoms with Crippen molar-refractivity contribution in [1.29, 1.82) is 0 Å². The van der Waals surface area contributed by atoms with Gasteiger partial charge < -0.3 is 14.6 Å². The number of hydrogen-bond acceptors (Lipinski definition) is 6. The molecule has 6 nitrogen and oxygen atoms in total. The summed E-state index contributed by atoms with van der Waals surface area (Å²) in [5.74, 6) is -0.474. The van der Waals surface area contributed by atoms with Crippen molar-refractivity contribution in [2.24, 2.45) is 5.41 Å². The van der Waals surface area contributed by atoms with Crippen LogP contribution in [0.15, 0.2) is 18.3 Å². The van der Waals surface area contributed by atoms with Gasteiger partial charge in [0, 0.05) is 40.9 Å². The second-order valence-corrected chi connectivity index (χ2v) is 11.6. The van der Waals surface area contributed by atoms with Crippen LogP contribution in [0, 0.1) is 5.41 Å². The Balaban J connectivity index is 1.77. The van der Waals surface area contributed by atoms with Gasteiger partial charge in [-0.15, -0.1) is 0 Å². The Hall–Kier alpha value is -2.52. The van der Waals surface area contributed by atoms with E-state index in [2.05, 4.69) is 4.98 Å². The molecule has 1 N–H and O–H groups in total. The van der Waals surface area contributed by atoms with E-state index in [1.165, 1.54) is 19.2 Å². The molecule has 0 aromatic carbocycles. The van der Waals surface area contributed by atoms with Gasteiger partial charge in [0.25, 0.3) is 0 Å². The second-order valence-electron chi connectivity index (χ2n) is 11.6. The first-order valence-corrected chi connectivity index (χ1v) is 12.9. The van der Waals surface area contributed by atoms with Gasteiger partial charge >= 0.3 is 12.1 Å². The molecule has 1 aliphatic heterocycles. The summed E-state index contributed by atoms with van der Waals surface area (Å²) in [5.41, 5.74) is 1.95. The summed E-state index contributed by atoms with van der Waals surface area (Å²) in [4.78, 5) is 20.8. The Morgan fingerprint density at radius 1 is 1.19 bits per heavy atom. The zero-order valence-electron chi connectivity index (χ0n) is 21.8. The number of aliphatic hydroxyl groups excluding tert-OH is 1. The molecule has 2 aliphatic carbocycles. The van der Waals surface area contributed by atoms with Crippen molar-refractivity contribution in [2.75, 3.05) is 0 Å². The van der Waals surface area contributed by atoms with Crippen LogP contribution >= 0.6 is 0 Å². The van der Waals surface area contributed by atoms with Crippen molar-refractivity contribution in [3.8, 4) is 0 Å². The molecule has 3 aliphatic rings. The van der Waals surface area contributed by atoms with E-state index in [0.29, 0.717) is 23.2 Å². The van der Waals surface area contributed by atoms with Crippen molar-refractivity contribution in [1.82, 2.24) is 9.97 Å². The number of fused-ring (bicyclic) bond motifs is 4. The highest BCUT2D eigenvalue weighted by molar-refractivity contribution is 5.67. The van der Waals surface area contributed by atoms with Crippen LogP contribution in [0.5, 0.6) is 0 Å². The molecule has 0 saturated heterocycles. The summed E-state index contributed by atoms with van der Waals surface area (Å²) in [6, 6.07) is 2.40. The lowest BCUT2D eigenvalue weighted by Gasteiger charge is -2.42. The first-order chi connectivity index (χ1) is 17.2. The van der Waals surface area contributed by atoms with Crippen LogP contribution in [0.4, 0.5) is 13.2 Å². The number of aliphatic hydroxyl groups is 1. The van der Waals surface area contributed by atoms with Gasteiger partial charge in [-0.1, -0.05) is 46.6 Å². The van der Waals surface area contributed by atoms with Gasteiger partial charge in [-0.2, -0.15) is 13.2 Å². The van der Waals surface area contributed by atoms with Crippen molar-refractivity contribution in [2.45, 2.75) is 103 Å². The fourth-order valence-corrected chi connectivity index (χ4v) is 6.46. The van der Waals surface area contributed by atoms with E-state index < -0.39 is 47.2 Å². The first kappa shape index (κ1) is 26.1. The average molecular weight is 519 g/mol. The topological polar surface area (TPSA) is 81.5 Å². The number of rotatable bonds is 3. The van der Waals surface area contributed by atoms with Gasteiger partial charge in [-0.25, -0.2) is 0 Å². The first-order valence-electron chi connectivity index (χ1n) is 12.9. The number of hydrogen-bond donors (Lipinski definition) is 1. The molecule has 1 fully saturated rings. The normalized spacial score (nSPS) is 25.8. The number of carbonyl (C=O) groups excluding carboxylic acids is 1. The van der Waals surface area contributed by atoms with Crippen LogP contribution in [0.3, 0.4) is 0 Å². The van der Waals surface area contributed by atoms with Crippen LogP contribution in [-0.2, 0) is 26.0 Å². The molecule has 0 amide bonds. The number of alkyl halides is 3. The Bertz CT molecular complexity index is 1220. The number of esters is 1. The minimum absolute atomic E-state index is 0.0516. The van der Waals surface area contributed by atoms with Crippen LogP contribution in [-0.4, -0.2) is 21.0 Å². The molecule has 1 saturated carbocycles. The number of ether oxygens (including phenoxy) is 2. The van der Waals surface area contributed by atoms with Crippen molar-refractivity contribution in [3.05, 3.63) is 57.7 Å². The maximum atomic E-state index is 13.2. The lowest BCUT2D eigenvalue weighted by atomic mass is 9.68. The van der Waals surface area contributed by atoms with Gasteiger partial charge in [-0.3, -0.25) is 14.8 Å². The SMILES string of the molecule is CC(=O)O[C@H]1c2nc(C(C)C)c3c(c2C(O)CC1(C)C)C1(CCCC1)O[C@@H]3c1ccc(C(F)(F)F)nc1. The number of nitrogens with zero attached hydrogens (tertiary/aromatic N) is 2. The fraction of sp³-hybridized carbons (Fsp3) is 0.607. The minimum atomic E-state index is -4.54. The Labute approximate surface area is 214 Å². The lowest BCUT2D eigenvalue weighted by molar-refractivity contribution is -0.156. The molecule has 2 aromatic heterocycles. The molecule has 0 radical (unpaired) electrons. The molecule has 9 heteroatoms. The third-order valence-corrected chi connectivity index (χ3v) is 8.02. The lowest BCUT2D eigenvalue weighted by Crippen LogP contribution is -2.37. The quantitative estimate of drug-likeness (QED) is 0.463. The summed E-state index contributed by atoms with van der Waals surface area (Å²) >= 11 is 0. The summed E-state index contributed by atoms with van der Waals surface area (Å²) < 4.78 is 52.2. The molecule has 5 rings (SSSR count). The number of aromatic nitrogens is 2. The molecule has 1 unspecified atom stereocenters. The standard InChI is InChI=1S/C28H33F3N2O4/c1-14(2)22-20-21(19-17(35)12-26(4,5)25(23(19)33-22)36-15(3)34)27(10-6-7-11-27)37-24(20)16-8-9-18(32-13-16)28(29,30)31/h8-9,13-14,17,24-25,35H,6-7,10-12H2,1-5H3/t17?,24-,25+/m1/s1. The van der Waals surface area contributed by atoms with E-state index in [1.807, 2.05) is 27.7 Å². The maximum Gasteiger partial charge on any atom is 0.433 e. The molecule has 3 atom stereocenters. The largest absolute Gasteiger partial charge is 0.455 e. The third kappa shape index (κ3) is 4.24. The van der Waals surface area contributed by atoms with Crippen LogP contribution in [0.2, 0.25) is 0 Å². The van der Waals surface area contributed by atoms with Gasteiger partial charge in [0.05, 0.1) is 17.4 Å². The minimum Gasteiger partial charge on any atom is -0.455 e. The highest BCUT2D eigenvalue weighted by atomic mass is 19.4. The van der Waals surface area contributed by atoms with Crippen molar-refractivity contribution >= 4 is 5.97 Å². The maximum absolute atomic E-state index is 13.2. The molecular weight excluding hydrogens is 485 g/mol. The zero-order chi connectivity index (χ0) is 26.9. The van der Waals surface area contributed by atoms with E-state index >= 15 is 0 Å². The molecule has 200 valence electrons. The highest BCUT2D eigenvalue weighted by Gasteiger charge is 2.55. The number of pyridine rings is 2. The molecule has 0 bridgehead atoms. The van der Waals surface area contributed by atoms with E-state index in [-0.39, 0.29) is 5.92 Å². The Kier molecular flexibility index (Phi) is 6.18. The van der Waals surface area contributed by atoms with E-state index in [0.717, 1.165) is 48.6 Å². The third-order valence-electron chi connectivity index (χ3n) is 8.02. The Morgan fingerprint density at radius 3 is 2.41 bits per heavy atom.